The van der Waals surface area contributed by atoms with Gasteiger partial charge in [0.25, 0.3) is 0 Å². The van der Waals surface area contributed by atoms with Gasteiger partial charge in [-0.05, 0) is 32.0 Å². The maximum Gasteiger partial charge on any atom is 0.247 e. The van der Waals surface area contributed by atoms with Gasteiger partial charge in [-0.3, -0.25) is 4.79 Å². The van der Waals surface area contributed by atoms with E-state index in [1.165, 1.54) is 22.6 Å². The maximum absolute atomic E-state index is 12.5. The van der Waals surface area contributed by atoms with Gasteiger partial charge < -0.3 is 4.98 Å². The Morgan fingerprint density at radius 2 is 1.95 bits per heavy atom. The molecule has 2 heterocycles. The quantitative estimate of drug-likeness (QED) is 0.940. The fraction of sp³-hybridized carbons (Fsp3) is 0.308. The van der Waals surface area contributed by atoms with E-state index in [9.17, 15) is 13.2 Å². The minimum Gasteiger partial charge on any atom is -0.328 e. The second-order valence-electron chi connectivity index (χ2n) is 4.53. The van der Waals surface area contributed by atoms with Gasteiger partial charge >= 0.3 is 0 Å². The van der Waals surface area contributed by atoms with E-state index >= 15 is 0 Å². The molecule has 108 valence electrons. The van der Waals surface area contributed by atoms with E-state index < -0.39 is 10.0 Å². The topological polar surface area (TPSA) is 70.2 Å². The van der Waals surface area contributed by atoms with Crippen LogP contribution in [-0.2, 0) is 10.0 Å². The zero-order chi connectivity index (χ0) is 14.9. The summed E-state index contributed by atoms with van der Waals surface area (Å²) in [6, 6.07) is 6.17. The Bertz CT molecular complexity index is 741. The van der Waals surface area contributed by atoms with E-state index in [1.807, 2.05) is 26.0 Å². The fourth-order valence-electron chi connectivity index (χ4n) is 1.79. The van der Waals surface area contributed by atoms with Gasteiger partial charge in [-0.15, -0.1) is 11.3 Å². The molecule has 0 aliphatic rings. The van der Waals surface area contributed by atoms with Crippen molar-refractivity contribution in [1.29, 1.82) is 0 Å². The van der Waals surface area contributed by atoms with Crippen LogP contribution in [0, 0.1) is 6.92 Å². The predicted octanol–water partition coefficient (Wildman–Crippen LogP) is 2.13. The molecule has 0 spiro atoms. The van der Waals surface area contributed by atoms with E-state index in [0.29, 0.717) is 0 Å². The summed E-state index contributed by atoms with van der Waals surface area (Å²) in [5.74, 6) is 0. The monoisotopic (exact) mass is 312 g/mol. The van der Waals surface area contributed by atoms with Crippen LogP contribution in [0.15, 0.2) is 40.2 Å². The van der Waals surface area contributed by atoms with Crippen LogP contribution in [0.1, 0.15) is 22.7 Å². The van der Waals surface area contributed by atoms with Gasteiger partial charge in [0.15, 0.2) is 0 Å². The van der Waals surface area contributed by atoms with Gasteiger partial charge in [-0.25, -0.2) is 8.42 Å². The average Bonchev–Trinajstić information content (AvgIpc) is 2.84. The lowest BCUT2D eigenvalue weighted by molar-refractivity contribution is 0.402. The standard InChI is InChI=1S/C13H16N2O3S2/c1-9-4-6-12(19-9)10(2)15(3)20(17,18)11-5-7-13(16)14-8-11/h4-8,10H,1-3H3,(H,14,16). The van der Waals surface area contributed by atoms with Crippen molar-refractivity contribution >= 4 is 21.4 Å². The summed E-state index contributed by atoms with van der Waals surface area (Å²) in [6.07, 6.45) is 1.22. The highest BCUT2D eigenvalue weighted by Gasteiger charge is 2.27. The molecule has 0 aliphatic carbocycles. The number of nitrogens with one attached hydrogen (secondary N) is 1. The zero-order valence-corrected chi connectivity index (χ0v) is 13.1. The van der Waals surface area contributed by atoms with Crippen LogP contribution in [0.3, 0.4) is 0 Å². The maximum atomic E-state index is 12.5. The van der Waals surface area contributed by atoms with Crippen LogP contribution in [-0.4, -0.2) is 24.8 Å². The highest BCUT2D eigenvalue weighted by molar-refractivity contribution is 7.89. The molecule has 0 aromatic carbocycles. The average molecular weight is 312 g/mol. The first kappa shape index (κ1) is 15.0. The number of nitrogens with zero attached hydrogens (tertiary/aromatic N) is 1. The van der Waals surface area contributed by atoms with Gasteiger partial charge in [-0.1, -0.05) is 0 Å². The molecule has 1 N–H and O–H groups in total. The third-order valence-electron chi connectivity index (χ3n) is 3.15. The van der Waals surface area contributed by atoms with Crippen LogP contribution in [0.4, 0.5) is 0 Å². The smallest absolute Gasteiger partial charge is 0.247 e. The number of aromatic nitrogens is 1. The summed E-state index contributed by atoms with van der Waals surface area (Å²) >= 11 is 1.57. The predicted molar refractivity (Wildman–Crippen MR) is 79.5 cm³/mol. The molecular formula is C13H16N2O3S2. The number of thiophene rings is 1. The van der Waals surface area contributed by atoms with Gasteiger partial charge in [-0.2, -0.15) is 4.31 Å². The number of H-pyrrole nitrogens is 1. The fourth-order valence-corrected chi connectivity index (χ4v) is 4.14. The molecule has 0 saturated carbocycles. The minimum absolute atomic E-state index is 0.0831. The highest BCUT2D eigenvalue weighted by Crippen LogP contribution is 2.29. The second-order valence-corrected chi connectivity index (χ2v) is 7.85. The molecule has 0 amide bonds. The van der Waals surface area contributed by atoms with E-state index in [2.05, 4.69) is 4.98 Å². The Balaban J connectivity index is 2.33. The number of hydrogen-bond donors (Lipinski definition) is 1. The van der Waals surface area contributed by atoms with Crippen molar-refractivity contribution in [3.63, 3.8) is 0 Å². The Morgan fingerprint density at radius 1 is 1.25 bits per heavy atom. The zero-order valence-electron chi connectivity index (χ0n) is 11.5. The lowest BCUT2D eigenvalue weighted by atomic mass is 10.3. The molecule has 2 rings (SSSR count). The van der Waals surface area contributed by atoms with Gasteiger partial charge in [0.05, 0.1) is 10.9 Å². The van der Waals surface area contributed by atoms with E-state index in [4.69, 9.17) is 0 Å². The summed E-state index contributed by atoms with van der Waals surface area (Å²) in [7, 11) is -2.08. The summed E-state index contributed by atoms with van der Waals surface area (Å²) in [5.41, 5.74) is -0.325. The molecule has 0 bridgehead atoms. The minimum atomic E-state index is -3.62. The molecule has 20 heavy (non-hydrogen) atoms. The summed E-state index contributed by atoms with van der Waals surface area (Å²) in [4.78, 5) is 15.6. The Kier molecular flexibility index (Phi) is 4.12. The Morgan fingerprint density at radius 3 is 2.45 bits per heavy atom. The number of aryl methyl sites for hydroxylation is 1. The third kappa shape index (κ3) is 2.84. The second kappa shape index (κ2) is 5.51. The Labute approximate surface area is 121 Å². The third-order valence-corrected chi connectivity index (χ3v) is 6.25. The molecule has 0 saturated heterocycles. The first-order valence-corrected chi connectivity index (χ1v) is 8.31. The molecule has 0 aliphatic heterocycles. The molecule has 2 aromatic heterocycles. The molecule has 5 nitrogen and oxygen atoms in total. The number of pyridine rings is 1. The molecule has 1 atom stereocenters. The number of hydrogen-bond acceptors (Lipinski definition) is 4. The molecule has 7 heteroatoms. The SMILES string of the molecule is Cc1ccc(C(C)N(C)S(=O)(=O)c2ccc(=O)[nH]c2)s1. The van der Waals surface area contributed by atoms with Crippen LogP contribution in [0.25, 0.3) is 0 Å². The van der Waals surface area contributed by atoms with Crippen LogP contribution < -0.4 is 5.56 Å². The lowest BCUT2D eigenvalue weighted by Crippen LogP contribution is -2.29. The molecular weight excluding hydrogens is 296 g/mol. The van der Waals surface area contributed by atoms with Gasteiger partial charge in [0.1, 0.15) is 0 Å². The normalized spacial score (nSPS) is 13.6. The van der Waals surface area contributed by atoms with Crippen LogP contribution >= 0.6 is 11.3 Å². The summed E-state index contributed by atoms with van der Waals surface area (Å²) in [6.45, 7) is 3.83. The lowest BCUT2D eigenvalue weighted by Gasteiger charge is -2.23. The van der Waals surface area contributed by atoms with Crippen molar-refractivity contribution in [2.24, 2.45) is 0 Å². The largest absolute Gasteiger partial charge is 0.328 e. The number of aromatic amines is 1. The molecule has 2 aromatic rings. The van der Waals surface area contributed by atoms with Crippen LogP contribution in [0.2, 0.25) is 0 Å². The van der Waals surface area contributed by atoms with Gasteiger partial charge in [0.2, 0.25) is 15.6 Å². The molecule has 1 unspecified atom stereocenters. The summed E-state index contributed by atoms with van der Waals surface area (Å²) in [5, 5.41) is 0. The van der Waals surface area contributed by atoms with Crippen LogP contribution in [0.5, 0.6) is 0 Å². The first-order valence-electron chi connectivity index (χ1n) is 6.05. The summed E-state index contributed by atoms with van der Waals surface area (Å²) < 4.78 is 26.3. The first-order chi connectivity index (χ1) is 9.32. The van der Waals surface area contributed by atoms with Crippen molar-refractivity contribution in [2.75, 3.05) is 7.05 Å². The van der Waals surface area contributed by atoms with Crippen molar-refractivity contribution in [1.82, 2.24) is 9.29 Å². The number of rotatable bonds is 4. The van der Waals surface area contributed by atoms with E-state index in [-0.39, 0.29) is 16.5 Å². The van der Waals surface area contributed by atoms with Gasteiger partial charge in [0, 0.05) is 29.1 Å². The number of sulfonamides is 1. The van der Waals surface area contributed by atoms with Crippen molar-refractivity contribution < 1.29 is 8.42 Å². The highest BCUT2D eigenvalue weighted by atomic mass is 32.2. The van der Waals surface area contributed by atoms with E-state index in [0.717, 1.165) is 9.75 Å². The van der Waals surface area contributed by atoms with Crippen molar-refractivity contribution in [3.05, 3.63) is 50.6 Å². The van der Waals surface area contributed by atoms with E-state index in [1.54, 1.807) is 18.4 Å². The van der Waals surface area contributed by atoms with Crippen molar-refractivity contribution in [3.8, 4) is 0 Å². The molecule has 0 radical (unpaired) electrons. The Hall–Kier alpha value is -1.44. The molecule has 0 fully saturated rings. The van der Waals surface area contributed by atoms with Crippen molar-refractivity contribution in [2.45, 2.75) is 24.8 Å².